The molecule has 0 bridgehead atoms. The summed E-state index contributed by atoms with van der Waals surface area (Å²) in [7, 11) is 3.15. The molecule has 0 radical (unpaired) electrons. The lowest BCUT2D eigenvalue weighted by molar-refractivity contribution is 0.204. The lowest BCUT2D eigenvalue weighted by atomic mass is 10.1. The number of aromatic nitrogens is 1. The van der Waals surface area contributed by atoms with Crippen molar-refractivity contribution in [3.8, 4) is 11.5 Å². The summed E-state index contributed by atoms with van der Waals surface area (Å²) in [4.78, 5) is 14.6. The summed E-state index contributed by atoms with van der Waals surface area (Å²) in [5.41, 5.74) is 1.43. The number of rotatable bonds is 5. The van der Waals surface area contributed by atoms with Gasteiger partial charge in [0.05, 0.1) is 20.3 Å². The van der Waals surface area contributed by atoms with Crippen molar-refractivity contribution in [2.24, 2.45) is 0 Å². The second-order valence-electron chi connectivity index (χ2n) is 6.69. The molecule has 1 aliphatic rings. The molecule has 1 saturated heterocycles. The number of urea groups is 1. The Morgan fingerprint density at radius 3 is 2.50 bits per heavy atom. The van der Waals surface area contributed by atoms with Gasteiger partial charge in [0.2, 0.25) is 0 Å². The van der Waals surface area contributed by atoms with Gasteiger partial charge in [-0.05, 0) is 12.8 Å². The van der Waals surface area contributed by atoms with E-state index in [0.717, 1.165) is 24.3 Å². The standard InChI is InChI=1S/C19H25N3O4/c1-12(2)18-11-16(21-26-18)17-6-5-7-22(17)19(23)20-13-8-14(24-3)10-15(9-13)25-4/h8-12,17H,5-7H2,1-4H3,(H,20,23)/t17-/m1/s1. The average Bonchev–Trinajstić information content (AvgIpc) is 3.30. The molecule has 7 nitrogen and oxygen atoms in total. The third-order valence-corrected chi connectivity index (χ3v) is 4.57. The number of hydrogen-bond acceptors (Lipinski definition) is 5. The largest absolute Gasteiger partial charge is 0.497 e. The third-order valence-electron chi connectivity index (χ3n) is 4.57. The van der Waals surface area contributed by atoms with Crippen LogP contribution in [0.1, 0.15) is 50.1 Å². The fraction of sp³-hybridized carbons (Fsp3) is 0.474. The number of benzene rings is 1. The van der Waals surface area contributed by atoms with E-state index >= 15 is 0 Å². The minimum absolute atomic E-state index is 0.0706. The first-order chi connectivity index (χ1) is 12.5. The molecule has 7 heteroatoms. The topological polar surface area (TPSA) is 76.8 Å². The molecule has 26 heavy (non-hydrogen) atoms. The van der Waals surface area contributed by atoms with E-state index < -0.39 is 0 Å². The average molecular weight is 359 g/mol. The maximum Gasteiger partial charge on any atom is 0.322 e. The number of nitrogens with one attached hydrogen (secondary N) is 1. The van der Waals surface area contributed by atoms with Crippen LogP contribution in [0.15, 0.2) is 28.8 Å². The highest BCUT2D eigenvalue weighted by atomic mass is 16.5. The van der Waals surface area contributed by atoms with Crippen molar-refractivity contribution in [3.63, 3.8) is 0 Å². The Morgan fingerprint density at radius 1 is 1.23 bits per heavy atom. The first-order valence-corrected chi connectivity index (χ1v) is 8.79. The van der Waals surface area contributed by atoms with Crippen LogP contribution in [-0.4, -0.2) is 36.9 Å². The predicted octanol–water partition coefficient (Wildman–Crippen LogP) is 4.18. The Morgan fingerprint density at radius 2 is 1.92 bits per heavy atom. The van der Waals surface area contributed by atoms with Crippen LogP contribution >= 0.6 is 0 Å². The Hall–Kier alpha value is -2.70. The van der Waals surface area contributed by atoms with Crippen LogP contribution in [0.4, 0.5) is 10.5 Å². The Kier molecular flexibility index (Phi) is 5.35. The summed E-state index contributed by atoms with van der Waals surface area (Å²) in [6.45, 7) is 4.79. The summed E-state index contributed by atoms with van der Waals surface area (Å²) >= 11 is 0. The van der Waals surface area contributed by atoms with E-state index in [2.05, 4.69) is 24.3 Å². The molecular formula is C19H25N3O4. The van der Waals surface area contributed by atoms with Gasteiger partial charge >= 0.3 is 6.03 Å². The van der Waals surface area contributed by atoms with Crippen LogP contribution in [0.25, 0.3) is 0 Å². The molecule has 1 N–H and O–H groups in total. The zero-order valence-electron chi connectivity index (χ0n) is 15.6. The van der Waals surface area contributed by atoms with E-state index in [9.17, 15) is 4.79 Å². The van der Waals surface area contributed by atoms with E-state index in [0.29, 0.717) is 23.7 Å². The summed E-state index contributed by atoms with van der Waals surface area (Å²) < 4.78 is 15.9. The molecular weight excluding hydrogens is 334 g/mol. The highest BCUT2D eigenvalue weighted by Crippen LogP contribution is 2.33. The lowest BCUT2D eigenvalue weighted by Crippen LogP contribution is -2.34. The fourth-order valence-electron chi connectivity index (χ4n) is 3.13. The van der Waals surface area contributed by atoms with Crippen molar-refractivity contribution in [3.05, 3.63) is 35.7 Å². The molecule has 2 aromatic rings. The number of anilines is 1. The monoisotopic (exact) mass is 359 g/mol. The van der Waals surface area contributed by atoms with Crippen molar-refractivity contribution in [2.45, 2.75) is 38.6 Å². The van der Waals surface area contributed by atoms with E-state index in [1.165, 1.54) is 0 Å². The lowest BCUT2D eigenvalue weighted by Gasteiger charge is -2.23. The minimum Gasteiger partial charge on any atom is -0.497 e. The molecule has 140 valence electrons. The van der Waals surface area contributed by atoms with Crippen LogP contribution in [0.3, 0.4) is 0 Å². The molecule has 1 aromatic heterocycles. The number of ether oxygens (including phenoxy) is 2. The van der Waals surface area contributed by atoms with E-state index in [1.807, 2.05) is 6.07 Å². The van der Waals surface area contributed by atoms with Crippen molar-refractivity contribution in [1.82, 2.24) is 10.1 Å². The number of amides is 2. The summed E-state index contributed by atoms with van der Waals surface area (Å²) in [5.74, 6) is 2.35. The zero-order chi connectivity index (χ0) is 18.7. The van der Waals surface area contributed by atoms with Crippen molar-refractivity contribution in [1.29, 1.82) is 0 Å². The second kappa shape index (κ2) is 7.68. The molecule has 1 atom stereocenters. The normalized spacial score (nSPS) is 16.8. The third kappa shape index (κ3) is 3.76. The van der Waals surface area contributed by atoms with Gasteiger partial charge < -0.3 is 24.2 Å². The Bertz CT molecular complexity index is 750. The number of methoxy groups -OCH3 is 2. The number of hydrogen-bond donors (Lipinski definition) is 1. The van der Waals surface area contributed by atoms with E-state index in [-0.39, 0.29) is 18.0 Å². The summed E-state index contributed by atoms with van der Waals surface area (Å²) in [6.07, 6.45) is 1.81. The van der Waals surface area contributed by atoms with Gasteiger partial charge in [0.25, 0.3) is 0 Å². The van der Waals surface area contributed by atoms with E-state index in [4.69, 9.17) is 14.0 Å². The van der Waals surface area contributed by atoms with Gasteiger partial charge in [-0.25, -0.2) is 4.79 Å². The summed E-state index contributed by atoms with van der Waals surface area (Å²) in [6, 6.07) is 7.00. The molecule has 0 unspecified atom stereocenters. The molecule has 1 fully saturated rings. The van der Waals surface area contributed by atoms with Crippen LogP contribution in [0.5, 0.6) is 11.5 Å². The van der Waals surface area contributed by atoms with Gasteiger partial charge in [0.15, 0.2) is 0 Å². The van der Waals surface area contributed by atoms with Gasteiger partial charge in [-0.3, -0.25) is 0 Å². The Labute approximate surface area is 153 Å². The molecule has 0 saturated carbocycles. The SMILES string of the molecule is COc1cc(NC(=O)N2CCC[C@@H]2c2cc(C(C)C)on2)cc(OC)c1. The van der Waals surface area contributed by atoms with Crippen molar-refractivity contribution < 1.29 is 18.8 Å². The molecule has 0 aliphatic carbocycles. The van der Waals surface area contributed by atoms with Crippen LogP contribution < -0.4 is 14.8 Å². The fourth-order valence-corrected chi connectivity index (χ4v) is 3.13. The van der Waals surface area contributed by atoms with Gasteiger partial charge in [0, 0.05) is 42.4 Å². The molecule has 3 rings (SSSR count). The molecule has 1 aromatic carbocycles. The maximum absolute atomic E-state index is 12.8. The molecule has 2 heterocycles. The maximum atomic E-state index is 12.8. The highest BCUT2D eigenvalue weighted by molar-refractivity contribution is 5.90. The first kappa shape index (κ1) is 18.1. The number of likely N-dealkylation sites (tertiary alicyclic amines) is 1. The van der Waals surface area contributed by atoms with Crippen LogP contribution in [0.2, 0.25) is 0 Å². The zero-order valence-corrected chi connectivity index (χ0v) is 15.6. The van der Waals surface area contributed by atoms with E-state index in [1.54, 1.807) is 37.3 Å². The highest BCUT2D eigenvalue weighted by Gasteiger charge is 2.32. The first-order valence-electron chi connectivity index (χ1n) is 8.79. The van der Waals surface area contributed by atoms with Crippen LogP contribution in [0, 0.1) is 0 Å². The number of carbonyl (C=O) groups is 1. The molecule has 0 spiro atoms. The van der Waals surface area contributed by atoms with Gasteiger partial charge in [0.1, 0.15) is 23.0 Å². The predicted molar refractivity (Wildman–Crippen MR) is 97.8 cm³/mol. The van der Waals surface area contributed by atoms with Gasteiger partial charge in [-0.1, -0.05) is 19.0 Å². The second-order valence-corrected chi connectivity index (χ2v) is 6.69. The quantitative estimate of drug-likeness (QED) is 0.866. The van der Waals surface area contributed by atoms with Crippen LogP contribution in [-0.2, 0) is 0 Å². The Balaban J connectivity index is 1.76. The molecule has 1 aliphatic heterocycles. The smallest absolute Gasteiger partial charge is 0.322 e. The van der Waals surface area contributed by atoms with Crippen molar-refractivity contribution in [2.75, 3.05) is 26.1 Å². The van der Waals surface area contributed by atoms with Gasteiger partial charge in [-0.15, -0.1) is 0 Å². The number of nitrogens with zero attached hydrogens (tertiary/aromatic N) is 2. The van der Waals surface area contributed by atoms with Crippen molar-refractivity contribution >= 4 is 11.7 Å². The molecule has 2 amide bonds. The van der Waals surface area contributed by atoms with Gasteiger partial charge in [-0.2, -0.15) is 0 Å². The minimum atomic E-state index is -0.170. The number of carbonyl (C=O) groups excluding carboxylic acids is 1. The summed E-state index contributed by atoms with van der Waals surface area (Å²) in [5, 5.41) is 7.11.